The first-order valence-electron chi connectivity index (χ1n) is 8.55. The summed E-state index contributed by atoms with van der Waals surface area (Å²) in [6.07, 6.45) is 4.41. The summed E-state index contributed by atoms with van der Waals surface area (Å²) in [5.74, 6) is 0.490. The van der Waals surface area contributed by atoms with Crippen molar-refractivity contribution in [2.24, 2.45) is 11.3 Å². The molecule has 0 bridgehead atoms. The standard InChI is InChI=1S/C17H27N3O2S/c1-11-10-23-13(19-11)6-4-5-8-18-16(21)20-14-12-7-9-22-15(12)17(14,2)3/h10,12,14-15H,4-9H2,1-3H3,(H2,18,20,21)/t12-,14-,15+/m1/s1. The first kappa shape index (κ1) is 16.7. The highest BCUT2D eigenvalue weighted by atomic mass is 32.1. The third-order valence-electron chi connectivity index (χ3n) is 5.16. The van der Waals surface area contributed by atoms with Gasteiger partial charge in [-0.25, -0.2) is 9.78 Å². The number of fused-ring (bicyclic) bond motifs is 1. The largest absolute Gasteiger partial charge is 0.377 e. The molecule has 0 radical (unpaired) electrons. The van der Waals surface area contributed by atoms with Crippen molar-refractivity contribution in [3.63, 3.8) is 0 Å². The fraction of sp³-hybridized carbons (Fsp3) is 0.765. The van der Waals surface area contributed by atoms with E-state index in [2.05, 4.69) is 34.8 Å². The molecule has 0 spiro atoms. The second-order valence-electron chi connectivity index (χ2n) is 7.28. The van der Waals surface area contributed by atoms with Crippen LogP contribution in [0.15, 0.2) is 5.38 Å². The molecular formula is C17H27N3O2S. The molecular weight excluding hydrogens is 310 g/mol. The number of rotatable bonds is 6. The van der Waals surface area contributed by atoms with Gasteiger partial charge in [-0.1, -0.05) is 13.8 Å². The van der Waals surface area contributed by atoms with Crippen molar-refractivity contribution in [1.29, 1.82) is 0 Å². The highest BCUT2D eigenvalue weighted by Crippen LogP contribution is 2.51. The fourth-order valence-electron chi connectivity index (χ4n) is 3.93. The maximum atomic E-state index is 12.1. The molecule has 23 heavy (non-hydrogen) atoms. The van der Waals surface area contributed by atoms with E-state index in [0.29, 0.717) is 18.6 Å². The zero-order valence-corrected chi connectivity index (χ0v) is 15.0. The third kappa shape index (κ3) is 3.53. The van der Waals surface area contributed by atoms with Gasteiger partial charge >= 0.3 is 6.03 Å². The Balaban J connectivity index is 1.32. The van der Waals surface area contributed by atoms with Gasteiger partial charge < -0.3 is 15.4 Å². The Morgan fingerprint density at radius 3 is 3.04 bits per heavy atom. The predicted molar refractivity (Wildman–Crippen MR) is 91.7 cm³/mol. The van der Waals surface area contributed by atoms with Crippen LogP contribution < -0.4 is 10.6 Å². The number of carbonyl (C=O) groups is 1. The van der Waals surface area contributed by atoms with E-state index >= 15 is 0 Å². The van der Waals surface area contributed by atoms with Gasteiger partial charge in [-0.2, -0.15) is 0 Å². The molecule has 3 rings (SSSR count). The van der Waals surface area contributed by atoms with E-state index < -0.39 is 0 Å². The Kier molecular flexibility index (Phi) is 4.92. The summed E-state index contributed by atoms with van der Waals surface area (Å²) in [6, 6.07) is 0.187. The Bertz CT molecular complexity index is 558. The molecule has 2 heterocycles. The number of carbonyl (C=O) groups excluding carboxylic acids is 1. The van der Waals surface area contributed by atoms with E-state index in [1.807, 2.05) is 6.92 Å². The van der Waals surface area contributed by atoms with Gasteiger partial charge in [-0.05, 0) is 32.6 Å². The summed E-state index contributed by atoms with van der Waals surface area (Å²) in [7, 11) is 0. The maximum Gasteiger partial charge on any atom is 0.315 e. The highest BCUT2D eigenvalue weighted by Gasteiger charge is 2.59. The number of urea groups is 1. The number of aryl methyl sites for hydroxylation is 2. The van der Waals surface area contributed by atoms with E-state index in [1.165, 1.54) is 5.01 Å². The minimum absolute atomic E-state index is 0.0429. The smallest absolute Gasteiger partial charge is 0.315 e. The van der Waals surface area contributed by atoms with Crippen molar-refractivity contribution >= 4 is 17.4 Å². The number of hydrogen-bond donors (Lipinski definition) is 2. The molecule has 3 atom stereocenters. The average Bonchev–Trinajstić information content (AvgIpc) is 3.12. The summed E-state index contributed by atoms with van der Waals surface area (Å²) >= 11 is 1.72. The number of amides is 2. The van der Waals surface area contributed by atoms with Gasteiger partial charge in [-0.3, -0.25) is 0 Å². The minimum atomic E-state index is -0.0430. The van der Waals surface area contributed by atoms with Gasteiger partial charge in [0.25, 0.3) is 0 Å². The molecule has 1 aromatic rings. The first-order chi connectivity index (χ1) is 11.0. The van der Waals surface area contributed by atoms with Crippen LogP contribution in [0.5, 0.6) is 0 Å². The number of aromatic nitrogens is 1. The lowest BCUT2D eigenvalue weighted by molar-refractivity contribution is -0.108. The lowest BCUT2D eigenvalue weighted by Gasteiger charge is -2.54. The molecule has 2 aliphatic rings. The Hall–Kier alpha value is -1.14. The van der Waals surface area contributed by atoms with Gasteiger partial charge in [0.1, 0.15) is 0 Å². The number of thiazole rings is 1. The fourth-order valence-corrected chi connectivity index (χ4v) is 4.75. The van der Waals surface area contributed by atoms with Gasteiger partial charge in [0.05, 0.1) is 11.1 Å². The van der Waals surface area contributed by atoms with Gasteiger partial charge in [0, 0.05) is 41.6 Å². The van der Waals surface area contributed by atoms with E-state index in [9.17, 15) is 4.79 Å². The Morgan fingerprint density at radius 2 is 2.30 bits per heavy atom. The average molecular weight is 337 g/mol. The molecule has 0 unspecified atom stereocenters. The van der Waals surface area contributed by atoms with Crippen LogP contribution in [0.2, 0.25) is 0 Å². The summed E-state index contributed by atoms with van der Waals surface area (Å²) < 4.78 is 5.76. The zero-order chi connectivity index (χ0) is 16.4. The molecule has 2 amide bonds. The first-order valence-corrected chi connectivity index (χ1v) is 9.43. The molecule has 5 nitrogen and oxygen atoms in total. The van der Waals surface area contributed by atoms with Crippen molar-refractivity contribution in [3.05, 3.63) is 16.1 Å². The number of nitrogens with one attached hydrogen (secondary N) is 2. The maximum absolute atomic E-state index is 12.1. The molecule has 0 aromatic carbocycles. The second-order valence-corrected chi connectivity index (χ2v) is 8.23. The molecule has 6 heteroatoms. The summed E-state index contributed by atoms with van der Waals surface area (Å²) in [5, 5.41) is 9.41. The summed E-state index contributed by atoms with van der Waals surface area (Å²) in [6.45, 7) is 7.93. The van der Waals surface area contributed by atoms with Crippen LogP contribution >= 0.6 is 11.3 Å². The zero-order valence-electron chi connectivity index (χ0n) is 14.2. The third-order valence-corrected chi connectivity index (χ3v) is 6.18. The van der Waals surface area contributed by atoms with E-state index in [4.69, 9.17) is 4.74 Å². The molecule has 1 aliphatic heterocycles. The Morgan fingerprint density at radius 1 is 1.48 bits per heavy atom. The van der Waals surface area contributed by atoms with E-state index in [1.54, 1.807) is 11.3 Å². The van der Waals surface area contributed by atoms with Crippen LogP contribution in [0.4, 0.5) is 4.79 Å². The van der Waals surface area contributed by atoms with Crippen molar-refractivity contribution in [2.45, 2.75) is 58.6 Å². The highest BCUT2D eigenvalue weighted by molar-refractivity contribution is 7.09. The SMILES string of the molecule is Cc1csc(CCCCNC(=O)N[C@@H]2[C@H]3CCO[C@@H]3C2(C)C)n1. The number of unbranched alkanes of at least 4 members (excludes halogenated alkanes) is 1. The van der Waals surface area contributed by atoms with Crippen LogP contribution in [0, 0.1) is 18.3 Å². The molecule has 1 saturated carbocycles. The monoisotopic (exact) mass is 337 g/mol. The van der Waals surface area contributed by atoms with Gasteiger partial charge in [0.2, 0.25) is 0 Å². The lowest BCUT2D eigenvalue weighted by atomic mass is 9.57. The minimum Gasteiger partial charge on any atom is -0.377 e. The van der Waals surface area contributed by atoms with Crippen LogP contribution in [0.3, 0.4) is 0 Å². The lowest BCUT2D eigenvalue weighted by Crippen LogP contribution is -2.67. The molecule has 2 fully saturated rings. The molecule has 1 saturated heterocycles. The van der Waals surface area contributed by atoms with Crippen molar-refractivity contribution in [3.8, 4) is 0 Å². The van der Waals surface area contributed by atoms with Crippen LogP contribution in [0.25, 0.3) is 0 Å². The van der Waals surface area contributed by atoms with Crippen LogP contribution in [-0.4, -0.2) is 36.3 Å². The van der Waals surface area contributed by atoms with E-state index in [-0.39, 0.29) is 17.5 Å². The van der Waals surface area contributed by atoms with Crippen molar-refractivity contribution in [1.82, 2.24) is 15.6 Å². The molecule has 128 valence electrons. The van der Waals surface area contributed by atoms with Crippen LogP contribution in [0.1, 0.15) is 43.8 Å². The Labute approximate surface area is 142 Å². The number of ether oxygens (including phenoxy) is 1. The quantitative estimate of drug-likeness (QED) is 0.785. The molecule has 2 N–H and O–H groups in total. The summed E-state index contributed by atoms with van der Waals surface area (Å²) in [4.78, 5) is 16.5. The van der Waals surface area contributed by atoms with E-state index in [0.717, 1.165) is 38.0 Å². The predicted octanol–water partition coefficient (Wildman–Crippen LogP) is 2.89. The van der Waals surface area contributed by atoms with Gasteiger partial charge in [-0.15, -0.1) is 11.3 Å². The normalized spacial score (nSPS) is 28.0. The van der Waals surface area contributed by atoms with Crippen LogP contribution in [-0.2, 0) is 11.2 Å². The molecule has 1 aromatic heterocycles. The van der Waals surface area contributed by atoms with Crippen molar-refractivity contribution in [2.75, 3.05) is 13.2 Å². The topological polar surface area (TPSA) is 63.2 Å². The van der Waals surface area contributed by atoms with Crippen molar-refractivity contribution < 1.29 is 9.53 Å². The number of nitrogens with zero attached hydrogens (tertiary/aromatic N) is 1. The van der Waals surface area contributed by atoms with Gasteiger partial charge in [0.15, 0.2) is 0 Å². The number of hydrogen-bond acceptors (Lipinski definition) is 4. The second kappa shape index (κ2) is 6.77. The summed E-state index contributed by atoms with van der Waals surface area (Å²) in [5.41, 5.74) is 1.14. The molecule has 1 aliphatic carbocycles.